The zero-order valence-electron chi connectivity index (χ0n) is 10.2. The first kappa shape index (κ1) is 12.0. The van der Waals surface area contributed by atoms with Crippen molar-refractivity contribution in [2.45, 2.75) is 25.2 Å². The average molecular weight is 272 g/mol. The number of ketones is 1. The normalized spacial score (nSPS) is 22.9. The van der Waals surface area contributed by atoms with Crippen molar-refractivity contribution in [1.82, 2.24) is 0 Å². The van der Waals surface area contributed by atoms with Crippen molar-refractivity contribution >= 4 is 17.1 Å². The average Bonchev–Trinajstić information content (AvgIpc) is 2.91. The van der Waals surface area contributed by atoms with Gasteiger partial charge in [-0.05, 0) is 17.9 Å². The predicted molar refractivity (Wildman–Crippen MR) is 70.9 cm³/mol. The van der Waals surface area contributed by atoms with E-state index in [1.165, 1.54) is 11.3 Å². The number of hydrogen-bond donors (Lipinski definition) is 1. The fraction of sp³-hybridized carbons (Fsp3) is 0.286. The van der Waals surface area contributed by atoms with Crippen molar-refractivity contribution in [3.8, 4) is 6.07 Å². The van der Waals surface area contributed by atoms with Crippen molar-refractivity contribution in [1.29, 1.82) is 5.26 Å². The highest BCUT2D eigenvalue weighted by molar-refractivity contribution is 7.10. The molecule has 2 N–H and O–H groups in total. The molecule has 0 amide bonds. The first-order valence-corrected chi connectivity index (χ1v) is 6.97. The standard InChI is InChI=1S/C14H12N2O2S/c15-7-8-12(11-5-2-6-19-11)13-9(17)3-1-4-10(13)18-14(8)16/h2,5-6,12H,1,3-4,16H2/t12-/m0/s1. The molecule has 1 aliphatic heterocycles. The highest BCUT2D eigenvalue weighted by Crippen LogP contribution is 2.44. The second-order valence-electron chi connectivity index (χ2n) is 4.55. The van der Waals surface area contributed by atoms with Crippen molar-refractivity contribution in [3.05, 3.63) is 45.2 Å². The van der Waals surface area contributed by atoms with Crippen LogP contribution >= 0.6 is 11.3 Å². The zero-order valence-corrected chi connectivity index (χ0v) is 11.0. The summed E-state index contributed by atoms with van der Waals surface area (Å²) in [6.45, 7) is 0. The van der Waals surface area contributed by atoms with E-state index in [9.17, 15) is 10.1 Å². The smallest absolute Gasteiger partial charge is 0.205 e. The van der Waals surface area contributed by atoms with Gasteiger partial charge in [-0.25, -0.2) is 0 Å². The fourth-order valence-corrected chi connectivity index (χ4v) is 3.44. The number of hydrogen-bond acceptors (Lipinski definition) is 5. The molecule has 0 aromatic carbocycles. The van der Waals surface area contributed by atoms with Gasteiger partial charge < -0.3 is 10.5 Å². The monoisotopic (exact) mass is 272 g/mol. The summed E-state index contributed by atoms with van der Waals surface area (Å²) in [4.78, 5) is 13.2. The van der Waals surface area contributed by atoms with Crippen LogP contribution in [0.3, 0.4) is 0 Å². The molecular weight excluding hydrogens is 260 g/mol. The lowest BCUT2D eigenvalue weighted by molar-refractivity contribution is -0.116. The molecule has 0 fully saturated rings. The minimum absolute atomic E-state index is 0.0694. The molecular formula is C14H12N2O2S. The summed E-state index contributed by atoms with van der Waals surface area (Å²) >= 11 is 1.53. The molecule has 96 valence electrons. The molecule has 0 bridgehead atoms. The van der Waals surface area contributed by atoms with Crippen LogP contribution in [-0.4, -0.2) is 5.78 Å². The van der Waals surface area contributed by atoms with E-state index >= 15 is 0 Å². The van der Waals surface area contributed by atoms with Crippen molar-refractivity contribution < 1.29 is 9.53 Å². The minimum Gasteiger partial charge on any atom is -0.444 e. The summed E-state index contributed by atoms with van der Waals surface area (Å²) in [6.07, 6.45) is 2.01. The van der Waals surface area contributed by atoms with E-state index in [1.807, 2.05) is 17.5 Å². The number of thiophene rings is 1. The maximum Gasteiger partial charge on any atom is 0.205 e. The molecule has 0 unspecified atom stereocenters. The zero-order chi connectivity index (χ0) is 13.4. The van der Waals surface area contributed by atoms with Gasteiger partial charge >= 0.3 is 0 Å². The van der Waals surface area contributed by atoms with Gasteiger partial charge in [0.2, 0.25) is 5.88 Å². The van der Waals surface area contributed by atoms with Crippen molar-refractivity contribution in [3.63, 3.8) is 0 Å². The Morgan fingerprint density at radius 3 is 3.00 bits per heavy atom. The summed E-state index contributed by atoms with van der Waals surface area (Å²) in [5, 5.41) is 11.2. The number of rotatable bonds is 1. The van der Waals surface area contributed by atoms with Gasteiger partial charge in [-0.1, -0.05) is 6.07 Å². The Kier molecular flexibility index (Phi) is 2.88. The molecule has 0 saturated heterocycles. The molecule has 0 saturated carbocycles. The minimum atomic E-state index is -0.346. The number of allylic oxidation sites excluding steroid dienone is 3. The largest absolute Gasteiger partial charge is 0.444 e. The lowest BCUT2D eigenvalue weighted by atomic mass is 9.80. The van der Waals surface area contributed by atoms with Crippen LogP contribution in [0.5, 0.6) is 0 Å². The third kappa shape index (κ3) is 1.85. The van der Waals surface area contributed by atoms with Gasteiger partial charge in [-0.2, -0.15) is 5.26 Å². The topological polar surface area (TPSA) is 76.1 Å². The van der Waals surface area contributed by atoms with Crippen LogP contribution in [-0.2, 0) is 9.53 Å². The third-order valence-electron chi connectivity index (χ3n) is 3.43. The maximum atomic E-state index is 12.2. The maximum absolute atomic E-state index is 12.2. The quantitative estimate of drug-likeness (QED) is 0.852. The number of Topliss-reactive ketones (excluding diaryl/α,β-unsaturated/α-hetero) is 1. The number of carbonyl (C=O) groups is 1. The van der Waals surface area contributed by atoms with Gasteiger partial charge in [0.25, 0.3) is 0 Å². The summed E-state index contributed by atoms with van der Waals surface area (Å²) in [5.74, 6) is 0.502. The lowest BCUT2D eigenvalue weighted by Gasteiger charge is -2.30. The lowest BCUT2D eigenvalue weighted by Crippen LogP contribution is -2.26. The molecule has 0 spiro atoms. The highest BCUT2D eigenvalue weighted by atomic mass is 32.1. The molecule has 1 aromatic heterocycles. The van der Waals surface area contributed by atoms with Crippen molar-refractivity contribution in [2.24, 2.45) is 5.73 Å². The van der Waals surface area contributed by atoms with E-state index < -0.39 is 0 Å². The van der Waals surface area contributed by atoms with Crippen molar-refractivity contribution in [2.75, 3.05) is 0 Å². The Bertz CT molecular complexity index is 635. The van der Waals surface area contributed by atoms with E-state index in [0.717, 1.165) is 11.3 Å². The SMILES string of the molecule is N#CC1=C(N)OC2=C(C(=O)CCC2)[C@@H]1c1cccs1. The second-order valence-corrected chi connectivity index (χ2v) is 5.53. The first-order chi connectivity index (χ1) is 9.22. The van der Waals surface area contributed by atoms with Crippen LogP contribution < -0.4 is 5.73 Å². The Hall–Kier alpha value is -2.06. The summed E-state index contributed by atoms with van der Waals surface area (Å²) in [6, 6.07) is 5.93. The molecule has 3 rings (SSSR count). The summed E-state index contributed by atoms with van der Waals surface area (Å²) < 4.78 is 5.49. The van der Waals surface area contributed by atoms with E-state index in [-0.39, 0.29) is 17.6 Å². The number of nitrogens with two attached hydrogens (primary N) is 1. The van der Waals surface area contributed by atoms with Crippen LogP contribution in [0, 0.1) is 11.3 Å². The number of nitriles is 1. The van der Waals surface area contributed by atoms with Gasteiger partial charge in [-0.15, -0.1) is 11.3 Å². The molecule has 1 aliphatic carbocycles. The van der Waals surface area contributed by atoms with Crippen LogP contribution in [0.1, 0.15) is 30.1 Å². The number of carbonyl (C=O) groups excluding carboxylic acids is 1. The van der Waals surface area contributed by atoms with E-state index in [0.29, 0.717) is 29.7 Å². The third-order valence-corrected chi connectivity index (χ3v) is 4.37. The van der Waals surface area contributed by atoms with Crippen LogP contribution in [0.25, 0.3) is 0 Å². The molecule has 1 atom stereocenters. The second kappa shape index (κ2) is 4.56. The molecule has 2 heterocycles. The van der Waals surface area contributed by atoms with Gasteiger partial charge in [0.15, 0.2) is 5.78 Å². The first-order valence-electron chi connectivity index (χ1n) is 6.09. The summed E-state index contributed by atoms with van der Waals surface area (Å²) in [7, 11) is 0. The van der Waals surface area contributed by atoms with E-state index in [1.54, 1.807) is 0 Å². The number of ether oxygens (including phenoxy) is 1. The molecule has 4 nitrogen and oxygen atoms in total. The molecule has 5 heteroatoms. The van der Waals surface area contributed by atoms with Crippen LogP contribution in [0.2, 0.25) is 0 Å². The van der Waals surface area contributed by atoms with Gasteiger partial charge in [-0.3, -0.25) is 4.79 Å². The Morgan fingerprint density at radius 2 is 2.32 bits per heavy atom. The predicted octanol–water partition coefficient (Wildman–Crippen LogP) is 2.56. The molecule has 19 heavy (non-hydrogen) atoms. The van der Waals surface area contributed by atoms with E-state index in [4.69, 9.17) is 10.5 Å². The van der Waals surface area contributed by atoms with Crippen LogP contribution in [0.4, 0.5) is 0 Å². The molecule has 1 aromatic rings. The number of nitrogens with zero attached hydrogens (tertiary/aromatic N) is 1. The van der Waals surface area contributed by atoms with Gasteiger partial charge in [0, 0.05) is 23.3 Å². The van der Waals surface area contributed by atoms with Gasteiger partial charge in [0.1, 0.15) is 17.4 Å². The van der Waals surface area contributed by atoms with Gasteiger partial charge in [0.05, 0.1) is 5.92 Å². The highest BCUT2D eigenvalue weighted by Gasteiger charge is 2.38. The van der Waals surface area contributed by atoms with E-state index in [2.05, 4.69) is 6.07 Å². The fourth-order valence-electron chi connectivity index (χ4n) is 2.60. The summed E-state index contributed by atoms with van der Waals surface area (Å²) in [5.41, 5.74) is 6.80. The Labute approximate surface area is 114 Å². The molecule has 0 radical (unpaired) electrons. The Balaban J connectivity index is 2.18. The molecule has 2 aliphatic rings. The van der Waals surface area contributed by atoms with Crippen LogP contribution in [0.15, 0.2) is 40.3 Å². The Morgan fingerprint density at radius 1 is 1.47 bits per heavy atom.